The fourth-order valence-electron chi connectivity index (χ4n) is 2.19. The maximum Gasteiger partial charge on any atom is 0.310 e. The highest BCUT2D eigenvalue weighted by atomic mass is 35.5. The van der Waals surface area contributed by atoms with Crippen molar-refractivity contribution in [3.8, 4) is 0 Å². The molecule has 0 unspecified atom stereocenters. The Kier molecular flexibility index (Phi) is 6.69. The molecule has 5 heteroatoms. The van der Waals surface area contributed by atoms with E-state index < -0.39 is 5.54 Å². The van der Waals surface area contributed by atoms with Crippen LogP contribution in [0.2, 0.25) is 0 Å². The molecule has 1 aromatic carbocycles. The topological polar surface area (TPSA) is 55.4 Å². The Hall–Kier alpha value is -1.55. The second kappa shape index (κ2) is 8.03. The van der Waals surface area contributed by atoms with E-state index in [1.165, 1.54) is 0 Å². The van der Waals surface area contributed by atoms with Gasteiger partial charge in [-0.05, 0) is 38.3 Å². The van der Waals surface area contributed by atoms with Gasteiger partial charge in [0.25, 0.3) is 0 Å². The van der Waals surface area contributed by atoms with Gasteiger partial charge in [-0.1, -0.05) is 24.3 Å². The predicted octanol–water partition coefficient (Wildman–Crippen LogP) is 2.47. The molecule has 0 saturated heterocycles. The van der Waals surface area contributed by atoms with Gasteiger partial charge in [0.1, 0.15) is 5.88 Å². The molecule has 21 heavy (non-hydrogen) atoms. The largest absolute Gasteiger partial charge is 0.466 e. The van der Waals surface area contributed by atoms with Crippen molar-refractivity contribution >= 4 is 23.5 Å². The molecule has 0 radical (unpaired) electrons. The van der Waals surface area contributed by atoms with Crippen LogP contribution in [0.3, 0.4) is 0 Å². The first kappa shape index (κ1) is 17.5. The lowest BCUT2D eigenvalue weighted by atomic mass is 9.93. The Balaban J connectivity index is 2.71. The number of nitrogens with one attached hydrogen (secondary N) is 1. The van der Waals surface area contributed by atoms with Gasteiger partial charge in [0.2, 0.25) is 5.91 Å². The van der Waals surface area contributed by atoms with Crippen molar-refractivity contribution in [1.29, 1.82) is 0 Å². The van der Waals surface area contributed by atoms with E-state index in [0.29, 0.717) is 13.0 Å². The van der Waals surface area contributed by atoms with Gasteiger partial charge in [0, 0.05) is 5.54 Å². The zero-order valence-electron chi connectivity index (χ0n) is 12.7. The second-order valence-electron chi connectivity index (χ2n) is 5.54. The molecule has 1 N–H and O–H groups in total. The highest BCUT2D eigenvalue weighted by Crippen LogP contribution is 2.15. The van der Waals surface area contributed by atoms with Gasteiger partial charge in [-0.3, -0.25) is 9.59 Å². The second-order valence-corrected chi connectivity index (χ2v) is 5.81. The first-order chi connectivity index (χ1) is 9.86. The molecule has 0 aliphatic carbocycles. The minimum Gasteiger partial charge on any atom is -0.466 e. The molecule has 4 nitrogen and oxygen atoms in total. The number of esters is 1. The van der Waals surface area contributed by atoms with Crippen LogP contribution < -0.4 is 5.32 Å². The van der Waals surface area contributed by atoms with Crippen molar-refractivity contribution in [3.05, 3.63) is 35.4 Å². The van der Waals surface area contributed by atoms with Crippen LogP contribution >= 0.6 is 11.6 Å². The third-order valence-electron chi connectivity index (χ3n) is 2.89. The van der Waals surface area contributed by atoms with E-state index in [1.807, 2.05) is 38.1 Å². The maximum atomic E-state index is 11.5. The van der Waals surface area contributed by atoms with Crippen LogP contribution in [0.4, 0.5) is 0 Å². The van der Waals surface area contributed by atoms with Crippen LogP contribution in [0.1, 0.15) is 31.9 Å². The Bertz CT molecular complexity index is 500. The van der Waals surface area contributed by atoms with Crippen molar-refractivity contribution in [3.63, 3.8) is 0 Å². The third-order valence-corrected chi connectivity index (χ3v) is 3.13. The predicted molar refractivity (Wildman–Crippen MR) is 83.4 cm³/mol. The fraction of sp³-hybridized carbons (Fsp3) is 0.500. The summed E-state index contributed by atoms with van der Waals surface area (Å²) in [6, 6.07) is 7.74. The number of ether oxygens (including phenoxy) is 1. The number of carbonyl (C=O) groups excluding carboxylic acids is 2. The number of benzene rings is 1. The molecule has 116 valence electrons. The van der Waals surface area contributed by atoms with Crippen LogP contribution in [-0.2, 0) is 27.2 Å². The number of halogens is 1. The molecular weight excluding hydrogens is 290 g/mol. The molecule has 0 bridgehead atoms. The van der Waals surface area contributed by atoms with Gasteiger partial charge < -0.3 is 10.1 Å². The average Bonchev–Trinajstić information content (AvgIpc) is 2.37. The summed E-state index contributed by atoms with van der Waals surface area (Å²) in [6.45, 7) is 6.05. The minimum atomic E-state index is -0.394. The van der Waals surface area contributed by atoms with E-state index in [9.17, 15) is 9.59 Å². The molecule has 0 spiro atoms. The van der Waals surface area contributed by atoms with Gasteiger partial charge in [-0.2, -0.15) is 0 Å². The summed E-state index contributed by atoms with van der Waals surface area (Å²) in [5.41, 5.74) is 1.57. The van der Waals surface area contributed by atoms with Gasteiger partial charge in [0.05, 0.1) is 13.0 Å². The van der Waals surface area contributed by atoms with E-state index in [2.05, 4.69) is 5.32 Å². The molecule has 0 aliphatic rings. The Labute approximate surface area is 130 Å². The Morgan fingerprint density at radius 3 is 2.57 bits per heavy atom. The number of rotatable bonds is 7. The SMILES string of the molecule is CCOC(=O)Cc1cccc(CC(C)(C)NC(=O)CCl)c1. The van der Waals surface area contributed by atoms with E-state index in [-0.39, 0.29) is 24.2 Å². The average molecular weight is 312 g/mol. The number of carbonyl (C=O) groups is 2. The number of hydrogen-bond donors (Lipinski definition) is 1. The summed E-state index contributed by atoms with van der Waals surface area (Å²) >= 11 is 5.51. The minimum absolute atomic E-state index is 0.0493. The normalized spacial score (nSPS) is 11.0. The molecule has 0 aliphatic heterocycles. The van der Waals surface area contributed by atoms with Crippen molar-refractivity contribution < 1.29 is 14.3 Å². The first-order valence-electron chi connectivity index (χ1n) is 6.96. The van der Waals surface area contributed by atoms with Gasteiger partial charge in [-0.25, -0.2) is 0 Å². The first-order valence-corrected chi connectivity index (χ1v) is 7.50. The molecule has 0 saturated carbocycles. The summed E-state index contributed by atoms with van der Waals surface area (Å²) in [5.74, 6) is -0.472. The number of hydrogen-bond acceptors (Lipinski definition) is 3. The summed E-state index contributed by atoms with van der Waals surface area (Å²) in [4.78, 5) is 22.9. The van der Waals surface area contributed by atoms with E-state index >= 15 is 0 Å². The van der Waals surface area contributed by atoms with Crippen LogP contribution in [-0.4, -0.2) is 29.9 Å². The van der Waals surface area contributed by atoms with Crippen LogP contribution in [0, 0.1) is 0 Å². The van der Waals surface area contributed by atoms with E-state index in [0.717, 1.165) is 11.1 Å². The molecule has 1 amide bonds. The highest BCUT2D eigenvalue weighted by Gasteiger charge is 2.20. The van der Waals surface area contributed by atoms with Crippen LogP contribution in [0.5, 0.6) is 0 Å². The quantitative estimate of drug-likeness (QED) is 0.621. The fourth-order valence-corrected chi connectivity index (χ4v) is 2.26. The number of alkyl halides is 1. The summed E-state index contributed by atoms with van der Waals surface area (Å²) < 4.78 is 4.94. The van der Waals surface area contributed by atoms with Crippen LogP contribution in [0.15, 0.2) is 24.3 Å². The molecule has 1 aromatic rings. The van der Waals surface area contributed by atoms with Crippen molar-refractivity contribution in [2.75, 3.05) is 12.5 Å². The number of amides is 1. The van der Waals surface area contributed by atoms with Crippen molar-refractivity contribution in [1.82, 2.24) is 5.32 Å². The van der Waals surface area contributed by atoms with E-state index in [1.54, 1.807) is 6.92 Å². The smallest absolute Gasteiger partial charge is 0.310 e. The lowest BCUT2D eigenvalue weighted by Gasteiger charge is -2.26. The summed E-state index contributed by atoms with van der Waals surface area (Å²) in [7, 11) is 0. The van der Waals surface area contributed by atoms with Gasteiger partial charge in [0.15, 0.2) is 0 Å². The van der Waals surface area contributed by atoms with Crippen molar-refractivity contribution in [2.45, 2.75) is 39.2 Å². The molecule has 0 heterocycles. The third kappa shape index (κ3) is 6.63. The lowest BCUT2D eigenvalue weighted by Crippen LogP contribution is -2.45. The molecule has 0 fully saturated rings. The highest BCUT2D eigenvalue weighted by molar-refractivity contribution is 6.27. The summed E-state index contributed by atoms with van der Waals surface area (Å²) in [6.07, 6.45) is 0.919. The van der Waals surface area contributed by atoms with E-state index in [4.69, 9.17) is 16.3 Å². The maximum absolute atomic E-state index is 11.5. The van der Waals surface area contributed by atoms with Crippen molar-refractivity contribution in [2.24, 2.45) is 0 Å². The standard InChI is InChI=1S/C16H22ClNO3/c1-4-21-15(20)9-12-6-5-7-13(8-12)10-16(2,3)18-14(19)11-17/h5-8H,4,9-11H2,1-3H3,(H,18,19). The zero-order chi connectivity index (χ0) is 15.9. The monoisotopic (exact) mass is 311 g/mol. The van der Waals surface area contributed by atoms with Gasteiger partial charge in [-0.15, -0.1) is 11.6 Å². The molecule has 0 atom stereocenters. The lowest BCUT2D eigenvalue weighted by molar-refractivity contribution is -0.142. The zero-order valence-corrected chi connectivity index (χ0v) is 13.5. The Morgan fingerprint density at radius 2 is 1.95 bits per heavy atom. The molecular formula is C16H22ClNO3. The summed E-state index contributed by atoms with van der Waals surface area (Å²) in [5, 5.41) is 2.87. The molecule has 1 rings (SSSR count). The van der Waals surface area contributed by atoms with Crippen LogP contribution in [0.25, 0.3) is 0 Å². The van der Waals surface area contributed by atoms with Gasteiger partial charge >= 0.3 is 5.97 Å². The Morgan fingerprint density at radius 1 is 1.29 bits per heavy atom. The molecule has 0 aromatic heterocycles.